The van der Waals surface area contributed by atoms with E-state index >= 15 is 0 Å². The molecule has 0 unspecified atom stereocenters. The highest BCUT2D eigenvalue weighted by molar-refractivity contribution is 5.75. The minimum absolute atomic E-state index is 0.00888. The molecule has 26 heavy (non-hydrogen) atoms. The fourth-order valence-electron chi connectivity index (χ4n) is 4.17. The van der Waals surface area contributed by atoms with Gasteiger partial charge in [0.15, 0.2) is 0 Å². The molecule has 6 nitrogen and oxygen atoms in total. The summed E-state index contributed by atoms with van der Waals surface area (Å²) >= 11 is 0. The third kappa shape index (κ3) is 4.47. The third-order valence-corrected chi connectivity index (χ3v) is 4.94. The van der Waals surface area contributed by atoms with Crippen LogP contribution in [0.2, 0.25) is 0 Å². The summed E-state index contributed by atoms with van der Waals surface area (Å²) in [6.07, 6.45) is 1.84. The molecule has 2 amide bonds. The van der Waals surface area contributed by atoms with Crippen molar-refractivity contribution in [2.45, 2.75) is 63.8 Å². The zero-order chi connectivity index (χ0) is 18.9. The molecule has 3 rings (SSSR count). The number of likely N-dealkylation sites (tertiary alicyclic amines) is 1. The summed E-state index contributed by atoms with van der Waals surface area (Å²) in [4.78, 5) is 14.3. The van der Waals surface area contributed by atoms with Gasteiger partial charge in [-0.1, -0.05) is 0 Å². The Hall–Kier alpha value is -2.26. The van der Waals surface area contributed by atoms with E-state index in [9.17, 15) is 4.79 Å². The quantitative estimate of drug-likeness (QED) is 0.873. The van der Waals surface area contributed by atoms with E-state index in [2.05, 4.69) is 44.4 Å². The largest absolute Gasteiger partial charge is 0.487 e. The lowest BCUT2D eigenvalue weighted by atomic mass is 9.79. The van der Waals surface area contributed by atoms with Crippen LogP contribution in [0.3, 0.4) is 0 Å². The second-order valence-corrected chi connectivity index (χ2v) is 8.73. The number of piperidine rings is 1. The molecule has 1 aromatic carbocycles. The highest BCUT2D eigenvalue weighted by Gasteiger charge is 2.40. The number of nitrogens with one attached hydrogen (secondary N) is 2. The van der Waals surface area contributed by atoms with Crippen molar-refractivity contribution in [3.63, 3.8) is 0 Å². The van der Waals surface area contributed by atoms with Crippen LogP contribution >= 0.6 is 0 Å². The minimum Gasteiger partial charge on any atom is -0.487 e. The third-order valence-electron chi connectivity index (χ3n) is 4.94. The van der Waals surface area contributed by atoms with E-state index in [0.717, 1.165) is 18.6 Å². The topological polar surface area (TPSA) is 77.4 Å². The number of nitriles is 1. The average Bonchev–Trinajstić information content (AvgIpc) is 2.47. The van der Waals surface area contributed by atoms with Crippen molar-refractivity contribution in [1.82, 2.24) is 15.5 Å². The molecule has 2 fully saturated rings. The lowest BCUT2D eigenvalue weighted by molar-refractivity contribution is 0.0409. The Morgan fingerprint density at radius 2 is 1.77 bits per heavy atom. The normalized spacial score (nSPS) is 22.2. The van der Waals surface area contributed by atoms with Crippen LogP contribution < -0.4 is 15.4 Å². The first-order valence-electron chi connectivity index (χ1n) is 9.17. The summed E-state index contributed by atoms with van der Waals surface area (Å²) in [6, 6.07) is 9.30. The van der Waals surface area contributed by atoms with E-state index in [1.165, 1.54) is 0 Å². The lowest BCUT2D eigenvalue weighted by Gasteiger charge is -2.47. The van der Waals surface area contributed by atoms with Gasteiger partial charge in [0.1, 0.15) is 11.9 Å². The fourth-order valence-corrected chi connectivity index (χ4v) is 4.17. The molecule has 2 N–H and O–H groups in total. The standard InChI is InChI=1S/C20H28N4O2/c1-19(2)9-15(10-20(3,4)23-19)22-18(25)24-12-17(13-24)26-16-7-5-14(11-21)6-8-16/h5-8,15,17,23H,9-10,12-13H2,1-4H3,(H,22,25). The van der Waals surface area contributed by atoms with Crippen LogP contribution in [0.1, 0.15) is 46.1 Å². The van der Waals surface area contributed by atoms with Gasteiger partial charge in [0, 0.05) is 17.1 Å². The predicted molar refractivity (Wildman–Crippen MR) is 100.0 cm³/mol. The van der Waals surface area contributed by atoms with E-state index in [-0.39, 0.29) is 29.3 Å². The van der Waals surface area contributed by atoms with Gasteiger partial charge in [-0.15, -0.1) is 0 Å². The SMILES string of the molecule is CC1(C)CC(NC(=O)N2CC(Oc3ccc(C#N)cc3)C2)CC(C)(C)N1. The molecule has 0 radical (unpaired) electrons. The first kappa shape index (κ1) is 18.5. The van der Waals surface area contributed by atoms with E-state index in [1.54, 1.807) is 29.2 Å². The summed E-state index contributed by atoms with van der Waals surface area (Å²) in [6.45, 7) is 9.89. The van der Waals surface area contributed by atoms with Gasteiger partial charge in [0.05, 0.1) is 24.7 Å². The van der Waals surface area contributed by atoms with Crippen LogP contribution in [0.4, 0.5) is 4.79 Å². The van der Waals surface area contributed by atoms with Crippen molar-refractivity contribution < 1.29 is 9.53 Å². The summed E-state index contributed by atoms with van der Waals surface area (Å²) in [5.41, 5.74) is 0.631. The minimum atomic E-state index is -0.0109. The summed E-state index contributed by atoms with van der Waals surface area (Å²) < 4.78 is 5.85. The van der Waals surface area contributed by atoms with Gasteiger partial charge in [0.2, 0.25) is 0 Å². The Morgan fingerprint density at radius 1 is 1.19 bits per heavy atom. The molecular formula is C20H28N4O2. The van der Waals surface area contributed by atoms with Crippen LogP contribution in [0.5, 0.6) is 5.75 Å². The maximum atomic E-state index is 12.5. The van der Waals surface area contributed by atoms with Gasteiger partial charge in [-0.2, -0.15) is 5.26 Å². The van der Waals surface area contributed by atoms with E-state index in [0.29, 0.717) is 18.7 Å². The highest BCUT2D eigenvalue weighted by Crippen LogP contribution is 2.29. The van der Waals surface area contributed by atoms with Gasteiger partial charge in [-0.25, -0.2) is 4.79 Å². The zero-order valence-electron chi connectivity index (χ0n) is 16.0. The van der Waals surface area contributed by atoms with Crippen molar-refractivity contribution >= 4 is 6.03 Å². The van der Waals surface area contributed by atoms with Crippen molar-refractivity contribution in [1.29, 1.82) is 5.26 Å². The number of rotatable bonds is 3. The van der Waals surface area contributed by atoms with Gasteiger partial charge in [-0.3, -0.25) is 0 Å². The Morgan fingerprint density at radius 3 is 2.31 bits per heavy atom. The molecule has 0 aromatic heterocycles. The van der Waals surface area contributed by atoms with Crippen LogP contribution in [-0.4, -0.2) is 47.2 Å². The van der Waals surface area contributed by atoms with Gasteiger partial charge >= 0.3 is 6.03 Å². The molecule has 0 bridgehead atoms. The Labute approximate surface area is 155 Å². The molecule has 2 heterocycles. The second-order valence-electron chi connectivity index (χ2n) is 8.73. The molecule has 0 atom stereocenters. The Kier molecular flexibility index (Phi) is 4.85. The molecular weight excluding hydrogens is 328 g/mol. The van der Waals surface area contributed by atoms with Gasteiger partial charge in [-0.05, 0) is 64.8 Å². The lowest BCUT2D eigenvalue weighted by Crippen LogP contribution is -2.65. The number of nitrogens with zero attached hydrogens (tertiary/aromatic N) is 2. The van der Waals surface area contributed by atoms with E-state index < -0.39 is 0 Å². The molecule has 1 aromatic rings. The maximum absolute atomic E-state index is 12.5. The summed E-state index contributed by atoms with van der Waals surface area (Å²) in [5, 5.41) is 15.6. The summed E-state index contributed by atoms with van der Waals surface area (Å²) in [5.74, 6) is 0.732. The highest BCUT2D eigenvalue weighted by atomic mass is 16.5. The molecule has 0 saturated carbocycles. The number of amides is 2. The van der Waals surface area contributed by atoms with Crippen molar-refractivity contribution in [2.75, 3.05) is 13.1 Å². The Bertz CT molecular complexity index is 684. The number of ether oxygens (including phenoxy) is 1. The fraction of sp³-hybridized carbons (Fsp3) is 0.600. The van der Waals surface area contributed by atoms with Crippen molar-refractivity contribution in [2.24, 2.45) is 0 Å². The molecule has 6 heteroatoms. The number of carbonyl (C=O) groups is 1. The first-order chi connectivity index (χ1) is 12.2. The Balaban J connectivity index is 1.46. The van der Waals surface area contributed by atoms with Crippen molar-refractivity contribution in [3.05, 3.63) is 29.8 Å². The number of hydrogen-bond donors (Lipinski definition) is 2. The molecule has 0 aliphatic carbocycles. The number of urea groups is 1. The van der Waals surface area contributed by atoms with Crippen molar-refractivity contribution in [3.8, 4) is 11.8 Å². The molecule has 2 saturated heterocycles. The summed E-state index contributed by atoms with van der Waals surface area (Å²) in [7, 11) is 0. The van der Waals surface area contributed by atoms with E-state index in [4.69, 9.17) is 10.00 Å². The molecule has 2 aliphatic rings. The first-order valence-corrected chi connectivity index (χ1v) is 9.17. The molecule has 0 spiro atoms. The maximum Gasteiger partial charge on any atom is 0.317 e. The number of hydrogen-bond acceptors (Lipinski definition) is 4. The number of carbonyl (C=O) groups excluding carboxylic acids is 1. The molecule has 2 aliphatic heterocycles. The van der Waals surface area contributed by atoms with Gasteiger partial charge < -0.3 is 20.3 Å². The van der Waals surface area contributed by atoms with Crippen LogP contribution in [-0.2, 0) is 0 Å². The van der Waals surface area contributed by atoms with Crippen LogP contribution in [0.15, 0.2) is 24.3 Å². The number of benzene rings is 1. The zero-order valence-corrected chi connectivity index (χ0v) is 16.0. The van der Waals surface area contributed by atoms with Crippen LogP contribution in [0.25, 0.3) is 0 Å². The van der Waals surface area contributed by atoms with E-state index in [1.807, 2.05) is 0 Å². The smallest absolute Gasteiger partial charge is 0.317 e. The van der Waals surface area contributed by atoms with Gasteiger partial charge in [0.25, 0.3) is 0 Å². The molecule has 140 valence electrons. The average molecular weight is 356 g/mol. The predicted octanol–water partition coefficient (Wildman–Crippen LogP) is 2.64. The van der Waals surface area contributed by atoms with Crippen LogP contribution in [0, 0.1) is 11.3 Å². The second kappa shape index (κ2) is 6.81. The monoisotopic (exact) mass is 356 g/mol.